The van der Waals surface area contributed by atoms with Gasteiger partial charge >= 0.3 is 6.03 Å². The Bertz CT molecular complexity index is 624. The summed E-state index contributed by atoms with van der Waals surface area (Å²) in [4.78, 5) is 36.1. The van der Waals surface area contributed by atoms with Crippen LogP contribution in [0.5, 0.6) is 5.75 Å². The van der Waals surface area contributed by atoms with E-state index in [0.29, 0.717) is 19.6 Å². The minimum Gasteiger partial charge on any atom is -0.492 e. The third kappa shape index (κ3) is 4.97. The lowest BCUT2D eigenvalue weighted by Crippen LogP contribution is -2.34. The molecule has 7 heteroatoms. The maximum atomic E-state index is 12.1. The molecule has 2 N–H and O–H groups in total. The second-order valence-corrected chi connectivity index (χ2v) is 6.04. The summed E-state index contributed by atoms with van der Waals surface area (Å²) in [6, 6.07) is 4.85. The number of benzene rings is 1. The molecule has 1 atom stereocenters. The Morgan fingerprint density at radius 1 is 1.21 bits per heavy atom. The zero-order valence-corrected chi connectivity index (χ0v) is 14.2. The fourth-order valence-corrected chi connectivity index (χ4v) is 2.56. The summed E-state index contributed by atoms with van der Waals surface area (Å²) in [6.45, 7) is 4.86. The van der Waals surface area contributed by atoms with Crippen LogP contribution >= 0.6 is 0 Å². The minimum absolute atomic E-state index is 0.0898. The number of rotatable bonds is 7. The van der Waals surface area contributed by atoms with Crippen molar-refractivity contribution in [1.82, 2.24) is 15.5 Å². The smallest absolute Gasteiger partial charge is 0.322 e. The predicted octanol–water partition coefficient (Wildman–Crippen LogP) is 1.13. The Labute approximate surface area is 141 Å². The van der Waals surface area contributed by atoms with E-state index in [2.05, 4.69) is 16.7 Å². The van der Waals surface area contributed by atoms with Gasteiger partial charge in [0.15, 0.2) is 0 Å². The van der Waals surface area contributed by atoms with Crippen LogP contribution in [0.1, 0.15) is 24.0 Å². The first-order valence-electron chi connectivity index (χ1n) is 7.91. The number of likely N-dealkylation sites (N-methyl/N-ethyl adjacent to an activating group) is 1. The average molecular weight is 333 g/mol. The maximum absolute atomic E-state index is 12.1. The van der Waals surface area contributed by atoms with Gasteiger partial charge in [-0.05, 0) is 43.5 Å². The Hall–Kier alpha value is -2.57. The highest BCUT2D eigenvalue weighted by Gasteiger charge is 2.29. The summed E-state index contributed by atoms with van der Waals surface area (Å²) in [5.74, 6) is 0.320. The number of ether oxygens (including phenoxy) is 1. The lowest BCUT2D eigenvalue weighted by atomic mass is 10.1. The molecule has 7 nitrogen and oxygen atoms in total. The SMILES string of the molecule is Cc1cc(C)cc(OCCN(C)C(=O)CC[C@@H]2NC(=O)NC2=O)c1. The van der Waals surface area contributed by atoms with E-state index in [-0.39, 0.29) is 18.2 Å². The van der Waals surface area contributed by atoms with Gasteiger partial charge in [-0.3, -0.25) is 14.9 Å². The monoisotopic (exact) mass is 333 g/mol. The number of urea groups is 1. The van der Waals surface area contributed by atoms with Crippen LogP contribution in [0.3, 0.4) is 0 Å². The van der Waals surface area contributed by atoms with Gasteiger partial charge < -0.3 is 15.0 Å². The third-order valence-corrected chi connectivity index (χ3v) is 3.82. The standard InChI is InChI=1S/C17H23N3O4/c1-11-8-12(2)10-13(9-11)24-7-6-20(3)15(21)5-4-14-16(22)19-17(23)18-14/h8-10,14H,4-7H2,1-3H3,(H2,18,19,22,23)/t14-/m0/s1. The summed E-state index contributed by atoms with van der Waals surface area (Å²) >= 11 is 0. The number of aryl methyl sites for hydroxylation is 2. The highest BCUT2D eigenvalue weighted by molar-refractivity contribution is 6.04. The van der Waals surface area contributed by atoms with Crippen molar-refractivity contribution in [3.8, 4) is 5.75 Å². The van der Waals surface area contributed by atoms with Gasteiger partial charge in [0.25, 0.3) is 5.91 Å². The maximum Gasteiger partial charge on any atom is 0.322 e. The lowest BCUT2D eigenvalue weighted by molar-refractivity contribution is -0.130. The van der Waals surface area contributed by atoms with E-state index < -0.39 is 12.1 Å². The fourth-order valence-electron chi connectivity index (χ4n) is 2.56. The first-order chi connectivity index (χ1) is 11.3. The van der Waals surface area contributed by atoms with Gasteiger partial charge in [0.1, 0.15) is 18.4 Å². The number of nitrogens with zero attached hydrogens (tertiary/aromatic N) is 1. The summed E-state index contributed by atoms with van der Waals surface area (Å²) in [7, 11) is 1.69. The molecule has 1 saturated heterocycles. The largest absolute Gasteiger partial charge is 0.492 e. The molecule has 1 aliphatic heterocycles. The normalized spacial score (nSPS) is 16.5. The fraction of sp³-hybridized carbons (Fsp3) is 0.471. The molecule has 1 aliphatic rings. The number of hydrogen-bond donors (Lipinski definition) is 2. The second kappa shape index (κ2) is 7.81. The molecule has 1 aromatic carbocycles. The van der Waals surface area contributed by atoms with E-state index in [1.807, 2.05) is 26.0 Å². The van der Waals surface area contributed by atoms with Crippen LogP contribution in [0, 0.1) is 13.8 Å². The van der Waals surface area contributed by atoms with Crippen LogP contribution in [0.25, 0.3) is 0 Å². The van der Waals surface area contributed by atoms with Crippen LogP contribution in [-0.2, 0) is 9.59 Å². The number of imide groups is 1. The predicted molar refractivity (Wildman–Crippen MR) is 88.7 cm³/mol. The number of hydrogen-bond acceptors (Lipinski definition) is 4. The number of amides is 4. The van der Waals surface area contributed by atoms with Crippen molar-refractivity contribution in [3.05, 3.63) is 29.3 Å². The molecule has 4 amide bonds. The molecule has 130 valence electrons. The Morgan fingerprint density at radius 2 is 1.88 bits per heavy atom. The van der Waals surface area contributed by atoms with E-state index in [4.69, 9.17) is 4.74 Å². The van der Waals surface area contributed by atoms with Crippen LogP contribution in [0.2, 0.25) is 0 Å². The molecule has 1 heterocycles. The van der Waals surface area contributed by atoms with Crippen molar-refractivity contribution in [1.29, 1.82) is 0 Å². The summed E-state index contributed by atoms with van der Waals surface area (Å²) in [5.41, 5.74) is 2.26. The highest BCUT2D eigenvalue weighted by atomic mass is 16.5. The van der Waals surface area contributed by atoms with Gasteiger partial charge in [0, 0.05) is 13.5 Å². The van der Waals surface area contributed by atoms with Crippen molar-refractivity contribution < 1.29 is 19.1 Å². The Morgan fingerprint density at radius 3 is 2.46 bits per heavy atom. The van der Waals surface area contributed by atoms with Crippen molar-refractivity contribution in [2.75, 3.05) is 20.2 Å². The first-order valence-corrected chi connectivity index (χ1v) is 7.91. The summed E-state index contributed by atoms with van der Waals surface area (Å²) in [6.07, 6.45) is 0.483. The second-order valence-electron chi connectivity index (χ2n) is 6.04. The zero-order valence-electron chi connectivity index (χ0n) is 14.2. The van der Waals surface area contributed by atoms with E-state index in [1.165, 1.54) is 0 Å². The molecule has 0 aliphatic carbocycles. The Kier molecular flexibility index (Phi) is 5.78. The lowest BCUT2D eigenvalue weighted by Gasteiger charge is -2.18. The van der Waals surface area contributed by atoms with Gasteiger partial charge in [-0.2, -0.15) is 0 Å². The molecular weight excluding hydrogens is 310 g/mol. The van der Waals surface area contributed by atoms with Crippen molar-refractivity contribution in [3.63, 3.8) is 0 Å². The van der Waals surface area contributed by atoms with Crippen LogP contribution in [-0.4, -0.2) is 49.0 Å². The molecule has 24 heavy (non-hydrogen) atoms. The molecule has 0 radical (unpaired) electrons. The number of carbonyl (C=O) groups excluding carboxylic acids is 3. The van der Waals surface area contributed by atoms with Crippen LogP contribution in [0.4, 0.5) is 4.79 Å². The topological polar surface area (TPSA) is 87.7 Å². The van der Waals surface area contributed by atoms with Gasteiger partial charge in [0.05, 0.1) is 6.54 Å². The van der Waals surface area contributed by atoms with Crippen LogP contribution < -0.4 is 15.4 Å². The van der Waals surface area contributed by atoms with Gasteiger partial charge in [-0.1, -0.05) is 6.07 Å². The Balaban J connectivity index is 1.71. The molecular formula is C17H23N3O4. The summed E-state index contributed by atoms with van der Waals surface area (Å²) < 4.78 is 5.68. The molecule has 2 rings (SSSR count). The minimum atomic E-state index is -0.624. The number of carbonyl (C=O) groups is 3. The average Bonchev–Trinajstić information content (AvgIpc) is 2.81. The molecule has 1 aromatic rings. The zero-order chi connectivity index (χ0) is 17.7. The van der Waals surface area contributed by atoms with Crippen molar-refractivity contribution >= 4 is 17.8 Å². The highest BCUT2D eigenvalue weighted by Crippen LogP contribution is 2.16. The molecule has 0 spiro atoms. The van der Waals surface area contributed by atoms with Crippen molar-refractivity contribution in [2.24, 2.45) is 0 Å². The van der Waals surface area contributed by atoms with E-state index >= 15 is 0 Å². The van der Waals surface area contributed by atoms with E-state index in [9.17, 15) is 14.4 Å². The molecule has 1 fully saturated rings. The molecule has 0 unspecified atom stereocenters. The van der Waals surface area contributed by atoms with E-state index in [1.54, 1.807) is 11.9 Å². The van der Waals surface area contributed by atoms with E-state index in [0.717, 1.165) is 16.9 Å². The quantitative estimate of drug-likeness (QED) is 0.732. The van der Waals surface area contributed by atoms with Gasteiger partial charge in [0.2, 0.25) is 5.91 Å². The third-order valence-electron chi connectivity index (χ3n) is 3.82. The van der Waals surface area contributed by atoms with Crippen LogP contribution in [0.15, 0.2) is 18.2 Å². The van der Waals surface area contributed by atoms with Gasteiger partial charge in [-0.25, -0.2) is 4.79 Å². The molecule has 0 saturated carbocycles. The number of nitrogens with one attached hydrogen (secondary N) is 2. The summed E-state index contributed by atoms with van der Waals surface area (Å²) in [5, 5.41) is 4.63. The van der Waals surface area contributed by atoms with Crippen molar-refractivity contribution in [2.45, 2.75) is 32.7 Å². The molecule has 0 aromatic heterocycles. The first kappa shape index (κ1) is 17.8. The van der Waals surface area contributed by atoms with Gasteiger partial charge in [-0.15, -0.1) is 0 Å². The molecule has 0 bridgehead atoms.